The molecule has 7 nitrogen and oxygen atoms in total. The van der Waals surface area contributed by atoms with Gasteiger partial charge in [-0.05, 0) is 30.3 Å². The van der Waals surface area contributed by atoms with E-state index in [1.54, 1.807) is 25.4 Å². The Morgan fingerprint density at radius 1 is 0.926 bits per heavy atom. The second-order valence-electron chi connectivity index (χ2n) is 5.96. The number of benzene rings is 2. The number of nitrogens with one attached hydrogen (secondary N) is 2. The van der Waals surface area contributed by atoms with Crippen LogP contribution in [0.1, 0.15) is 0 Å². The molecule has 0 saturated carbocycles. The minimum Gasteiger partial charge on any atom is -0.495 e. The van der Waals surface area contributed by atoms with Crippen LogP contribution in [-0.2, 0) is 0 Å². The fourth-order valence-electron chi connectivity index (χ4n) is 2.93. The molecule has 27 heavy (non-hydrogen) atoms. The predicted octanol–water partition coefficient (Wildman–Crippen LogP) is 4.23. The molecular formula is C19H13ClN6O. The zero-order valence-electron chi connectivity index (χ0n) is 14.2. The lowest BCUT2D eigenvalue weighted by atomic mass is 10.2. The van der Waals surface area contributed by atoms with E-state index in [4.69, 9.17) is 16.3 Å². The maximum absolute atomic E-state index is 6.21. The van der Waals surface area contributed by atoms with Gasteiger partial charge in [-0.15, -0.1) is 0 Å². The highest BCUT2D eigenvalue weighted by atomic mass is 35.5. The number of aromatic amines is 2. The van der Waals surface area contributed by atoms with Crippen LogP contribution in [-0.4, -0.2) is 37.0 Å². The van der Waals surface area contributed by atoms with Crippen molar-refractivity contribution >= 4 is 33.8 Å². The Morgan fingerprint density at radius 3 is 2.56 bits per heavy atom. The van der Waals surface area contributed by atoms with Crippen molar-refractivity contribution in [2.75, 3.05) is 7.11 Å². The molecular weight excluding hydrogens is 364 g/mol. The summed E-state index contributed by atoms with van der Waals surface area (Å²) in [5.41, 5.74) is 3.92. The number of para-hydroxylation sites is 2. The van der Waals surface area contributed by atoms with Gasteiger partial charge < -0.3 is 14.7 Å². The molecule has 2 N–H and O–H groups in total. The maximum atomic E-state index is 6.21. The second-order valence-corrected chi connectivity index (χ2v) is 6.37. The summed E-state index contributed by atoms with van der Waals surface area (Å²) in [6, 6.07) is 13.3. The van der Waals surface area contributed by atoms with Crippen LogP contribution in [0.5, 0.6) is 5.75 Å². The number of hydrogen-bond acceptors (Lipinski definition) is 5. The van der Waals surface area contributed by atoms with Gasteiger partial charge in [-0.2, -0.15) is 0 Å². The van der Waals surface area contributed by atoms with Crippen molar-refractivity contribution in [3.05, 3.63) is 53.7 Å². The molecule has 5 aromatic rings. The molecule has 0 unspecified atom stereocenters. The van der Waals surface area contributed by atoms with E-state index in [0.29, 0.717) is 39.4 Å². The Balaban J connectivity index is 1.57. The first-order valence-electron chi connectivity index (χ1n) is 8.23. The number of methoxy groups -OCH3 is 1. The molecule has 0 saturated heterocycles. The SMILES string of the molecule is COc1ccc(-c2ncc3nc(-c4nc5ccccc5[nH]4)[nH]c3n2)cc1Cl. The van der Waals surface area contributed by atoms with E-state index in [2.05, 4.69) is 29.9 Å². The zero-order chi connectivity index (χ0) is 18.4. The van der Waals surface area contributed by atoms with Crippen molar-refractivity contribution in [1.29, 1.82) is 0 Å². The summed E-state index contributed by atoms with van der Waals surface area (Å²) in [4.78, 5) is 24.5. The molecule has 2 aromatic carbocycles. The average molecular weight is 377 g/mol. The lowest BCUT2D eigenvalue weighted by Crippen LogP contribution is -1.91. The van der Waals surface area contributed by atoms with Crippen LogP contribution in [0.15, 0.2) is 48.7 Å². The fourth-order valence-corrected chi connectivity index (χ4v) is 3.19. The van der Waals surface area contributed by atoms with Gasteiger partial charge in [0.05, 0.1) is 29.4 Å². The Hall–Kier alpha value is -3.45. The minimum absolute atomic E-state index is 0.506. The first-order chi connectivity index (χ1) is 13.2. The Bertz CT molecular complexity index is 1260. The Labute approximate surface area is 158 Å². The summed E-state index contributed by atoms with van der Waals surface area (Å²) in [6.45, 7) is 0. The van der Waals surface area contributed by atoms with Crippen molar-refractivity contribution in [2.45, 2.75) is 0 Å². The Kier molecular flexibility index (Phi) is 3.54. The highest BCUT2D eigenvalue weighted by Crippen LogP contribution is 2.29. The first kappa shape index (κ1) is 15.8. The largest absolute Gasteiger partial charge is 0.495 e. The van der Waals surface area contributed by atoms with Gasteiger partial charge in [0.15, 0.2) is 23.1 Å². The fraction of sp³-hybridized carbons (Fsp3) is 0.0526. The van der Waals surface area contributed by atoms with Gasteiger partial charge in [0, 0.05) is 5.56 Å². The number of aromatic nitrogens is 6. The van der Waals surface area contributed by atoms with Crippen LogP contribution in [0.2, 0.25) is 5.02 Å². The van der Waals surface area contributed by atoms with Crippen molar-refractivity contribution in [3.8, 4) is 28.8 Å². The van der Waals surface area contributed by atoms with Crippen molar-refractivity contribution < 1.29 is 4.74 Å². The summed E-state index contributed by atoms with van der Waals surface area (Å²) in [5.74, 6) is 2.42. The molecule has 0 atom stereocenters. The number of ether oxygens (including phenoxy) is 1. The molecule has 8 heteroatoms. The van der Waals surface area contributed by atoms with E-state index in [1.807, 2.05) is 30.3 Å². The van der Waals surface area contributed by atoms with Gasteiger partial charge in [-0.1, -0.05) is 23.7 Å². The molecule has 0 radical (unpaired) electrons. The Morgan fingerprint density at radius 2 is 1.74 bits per heavy atom. The monoisotopic (exact) mass is 376 g/mol. The van der Waals surface area contributed by atoms with Gasteiger partial charge >= 0.3 is 0 Å². The molecule has 0 aliphatic heterocycles. The van der Waals surface area contributed by atoms with E-state index in [9.17, 15) is 0 Å². The number of nitrogens with zero attached hydrogens (tertiary/aromatic N) is 4. The van der Waals surface area contributed by atoms with Gasteiger partial charge in [-0.3, -0.25) is 0 Å². The lowest BCUT2D eigenvalue weighted by Gasteiger charge is -2.05. The summed E-state index contributed by atoms with van der Waals surface area (Å²) in [5, 5.41) is 0.506. The number of fused-ring (bicyclic) bond motifs is 2. The highest BCUT2D eigenvalue weighted by molar-refractivity contribution is 6.32. The van der Waals surface area contributed by atoms with Crippen LogP contribution < -0.4 is 4.74 Å². The molecule has 0 amide bonds. The molecule has 5 rings (SSSR count). The molecule has 3 heterocycles. The third-order valence-corrected chi connectivity index (χ3v) is 4.56. The van der Waals surface area contributed by atoms with Crippen LogP contribution in [0.3, 0.4) is 0 Å². The minimum atomic E-state index is 0.506. The number of halogens is 1. The lowest BCUT2D eigenvalue weighted by molar-refractivity contribution is 0.415. The highest BCUT2D eigenvalue weighted by Gasteiger charge is 2.13. The van der Waals surface area contributed by atoms with Gasteiger partial charge in [0.25, 0.3) is 0 Å². The van der Waals surface area contributed by atoms with E-state index >= 15 is 0 Å². The third kappa shape index (κ3) is 2.69. The van der Waals surface area contributed by atoms with Gasteiger partial charge in [0.1, 0.15) is 11.3 Å². The first-order valence-corrected chi connectivity index (χ1v) is 8.61. The van der Waals surface area contributed by atoms with E-state index in [0.717, 1.165) is 16.6 Å². The number of hydrogen-bond donors (Lipinski definition) is 2. The quantitative estimate of drug-likeness (QED) is 0.491. The van der Waals surface area contributed by atoms with Crippen LogP contribution in [0.25, 0.3) is 45.2 Å². The summed E-state index contributed by atoms with van der Waals surface area (Å²) >= 11 is 6.21. The van der Waals surface area contributed by atoms with Crippen LogP contribution in [0.4, 0.5) is 0 Å². The van der Waals surface area contributed by atoms with E-state index in [-0.39, 0.29) is 0 Å². The third-order valence-electron chi connectivity index (χ3n) is 4.26. The average Bonchev–Trinajstić information content (AvgIpc) is 3.31. The van der Waals surface area contributed by atoms with Crippen molar-refractivity contribution in [2.24, 2.45) is 0 Å². The summed E-state index contributed by atoms with van der Waals surface area (Å²) < 4.78 is 5.18. The van der Waals surface area contributed by atoms with Crippen molar-refractivity contribution in [1.82, 2.24) is 29.9 Å². The zero-order valence-corrected chi connectivity index (χ0v) is 14.9. The van der Waals surface area contributed by atoms with Crippen molar-refractivity contribution in [3.63, 3.8) is 0 Å². The number of imidazole rings is 2. The second kappa shape index (κ2) is 6.07. The molecule has 0 spiro atoms. The summed E-state index contributed by atoms with van der Waals surface area (Å²) in [7, 11) is 1.58. The molecule has 0 aliphatic rings. The number of rotatable bonds is 3. The predicted molar refractivity (Wildman–Crippen MR) is 104 cm³/mol. The molecule has 0 fully saturated rings. The molecule has 132 valence electrons. The smallest absolute Gasteiger partial charge is 0.175 e. The van der Waals surface area contributed by atoms with Gasteiger partial charge in [0.2, 0.25) is 0 Å². The number of H-pyrrole nitrogens is 2. The topological polar surface area (TPSA) is 92.4 Å². The molecule has 0 aliphatic carbocycles. The maximum Gasteiger partial charge on any atom is 0.175 e. The van der Waals surface area contributed by atoms with E-state index < -0.39 is 0 Å². The molecule has 3 aromatic heterocycles. The normalized spacial score (nSPS) is 11.3. The molecule has 0 bridgehead atoms. The van der Waals surface area contributed by atoms with Crippen LogP contribution in [0, 0.1) is 0 Å². The van der Waals surface area contributed by atoms with E-state index in [1.165, 1.54) is 0 Å². The van der Waals surface area contributed by atoms with Crippen LogP contribution >= 0.6 is 11.6 Å². The summed E-state index contributed by atoms with van der Waals surface area (Å²) in [6.07, 6.45) is 1.68. The standard InChI is InChI=1S/C19H13ClN6O/c1-27-15-7-6-10(8-11(15)20)16-21-9-14-17(25-16)26-19(24-14)18-22-12-4-2-3-5-13(12)23-18/h2-9H,1H3,(H,22,23)(H,21,24,25,26). The van der Waals surface area contributed by atoms with Gasteiger partial charge in [-0.25, -0.2) is 19.9 Å².